The topological polar surface area (TPSA) is 68.6 Å². The third-order valence-corrected chi connectivity index (χ3v) is 3.98. The van der Waals surface area contributed by atoms with Gasteiger partial charge in [0.2, 0.25) is 5.91 Å². The molecule has 0 radical (unpaired) electrons. The van der Waals surface area contributed by atoms with Crippen molar-refractivity contribution in [3.05, 3.63) is 34.2 Å². The van der Waals surface area contributed by atoms with Crippen molar-refractivity contribution in [3.63, 3.8) is 0 Å². The van der Waals surface area contributed by atoms with E-state index in [1.165, 1.54) is 4.57 Å². The van der Waals surface area contributed by atoms with Crippen molar-refractivity contribution in [1.82, 2.24) is 9.47 Å². The molecule has 1 aliphatic heterocycles. The smallest absolute Gasteiger partial charge is 0.309 e. The zero-order valence-corrected chi connectivity index (χ0v) is 13.1. The molecule has 1 aromatic rings. The summed E-state index contributed by atoms with van der Waals surface area (Å²) in [6.07, 6.45) is 2.86. The van der Waals surface area contributed by atoms with Crippen molar-refractivity contribution in [2.24, 2.45) is 5.92 Å². The van der Waals surface area contributed by atoms with E-state index < -0.39 is 0 Å². The Morgan fingerprint density at radius 2 is 2.00 bits per heavy atom. The molecule has 6 nitrogen and oxygen atoms in total. The summed E-state index contributed by atoms with van der Waals surface area (Å²) in [6, 6.07) is 3.49. The van der Waals surface area contributed by atoms with Crippen LogP contribution in [0.25, 0.3) is 0 Å². The zero-order valence-electron chi connectivity index (χ0n) is 13.1. The molecule has 2 rings (SSSR count). The van der Waals surface area contributed by atoms with Gasteiger partial charge in [-0.1, -0.05) is 6.07 Å². The highest BCUT2D eigenvalue weighted by Gasteiger charge is 2.28. The molecule has 0 aromatic carbocycles. The lowest BCUT2D eigenvalue weighted by molar-refractivity contribution is -0.151. The number of carbonyl (C=O) groups is 2. The summed E-state index contributed by atoms with van der Waals surface area (Å²) in [5.74, 6) is -0.384. The Bertz CT molecular complexity index is 600. The molecule has 0 aliphatic carbocycles. The molecule has 6 heteroatoms. The van der Waals surface area contributed by atoms with Gasteiger partial charge in [0.25, 0.3) is 5.56 Å². The Hall–Kier alpha value is -2.11. The molecule has 0 spiro atoms. The maximum atomic E-state index is 12.3. The fraction of sp³-hybridized carbons (Fsp3) is 0.562. The Labute approximate surface area is 129 Å². The maximum Gasteiger partial charge on any atom is 0.309 e. The second-order valence-electron chi connectivity index (χ2n) is 5.53. The second kappa shape index (κ2) is 7.24. The van der Waals surface area contributed by atoms with Crippen LogP contribution in [0.3, 0.4) is 0 Å². The van der Waals surface area contributed by atoms with E-state index in [2.05, 4.69) is 0 Å². The molecule has 1 fully saturated rings. The van der Waals surface area contributed by atoms with Gasteiger partial charge in [0.05, 0.1) is 12.5 Å². The number of aromatic nitrogens is 1. The number of carbonyl (C=O) groups excluding carboxylic acids is 2. The first-order valence-corrected chi connectivity index (χ1v) is 7.63. The van der Waals surface area contributed by atoms with E-state index in [1.807, 2.05) is 0 Å². The van der Waals surface area contributed by atoms with Crippen molar-refractivity contribution in [2.45, 2.75) is 33.2 Å². The van der Waals surface area contributed by atoms with Crippen molar-refractivity contribution < 1.29 is 14.3 Å². The lowest BCUT2D eigenvalue weighted by Gasteiger charge is -2.31. The molecule has 0 N–H and O–H groups in total. The molecular weight excluding hydrogens is 284 g/mol. The van der Waals surface area contributed by atoms with E-state index in [-0.39, 0.29) is 29.9 Å². The van der Waals surface area contributed by atoms with Crippen LogP contribution in [0.4, 0.5) is 0 Å². The van der Waals surface area contributed by atoms with Gasteiger partial charge >= 0.3 is 5.97 Å². The molecule has 1 aliphatic rings. The minimum atomic E-state index is -0.176. The summed E-state index contributed by atoms with van der Waals surface area (Å²) in [5, 5.41) is 0. The van der Waals surface area contributed by atoms with Gasteiger partial charge in [-0.3, -0.25) is 14.4 Å². The number of pyridine rings is 1. The van der Waals surface area contributed by atoms with Gasteiger partial charge in [-0.2, -0.15) is 0 Å². The molecule has 1 aromatic heterocycles. The number of amides is 1. The van der Waals surface area contributed by atoms with Gasteiger partial charge < -0.3 is 14.2 Å². The first kappa shape index (κ1) is 16.3. The normalized spacial score (nSPS) is 15.6. The van der Waals surface area contributed by atoms with E-state index in [9.17, 15) is 14.4 Å². The molecule has 1 amide bonds. The van der Waals surface area contributed by atoms with E-state index in [0.29, 0.717) is 38.1 Å². The Morgan fingerprint density at radius 1 is 1.32 bits per heavy atom. The number of rotatable bonds is 4. The summed E-state index contributed by atoms with van der Waals surface area (Å²) in [7, 11) is 0. The monoisotopic (exact) mass is 306 g/mol. The first-order valence-electron chi connectivity index (χ1n) is 7.63. The average molecular weight is 306 g/mol. The predicted octanol–water partition coefficient (Wildman–Crippen LogP) is 0.958. The molecule has 0 atom stereocenters. The van der Waals surface area contributed by atoms with Crippen LogP contribution in [-0.4, -0.2) is 41.0 Å². The molecule has 0 saturated carbocycles. The van der Waals surface area contributed by atoms with Gasteiger partial charge in [0.1, 0.15) is 6.54 Å². The standard InChI is InChI=1S/C16H22N2O4/c1-3-22-16(21)13-6-9-17(10-7-13)14(19)11-18-8-4-5-12(2)15(18)20/h4-5,8,13H,3,6-7,9-11H2,1-2H3. The molecule has 0 unspecified atom stereocenters. The van der Waals surface area contributed by atoms with Crippen molar-refractivity contribution in [1.29, 1.82) is 0 Å². The van der Waals surface area contributed by atoms with Crippen molar-refractivity contribution in [3.8, 4) is 0 Å². The van der Waals surface area contributed by atoms with Gasteiger partial charge in [-0.15, -0.1) is 0 Å². The Balaban J connectivity index is 1.91. The minimum Gasteiger partial charge on any atom is -0.466 e. The summed E-state index contributed by atoms with van der Waals surface area (Å²) in [4.78, 5) is 37.6. The van der Waals surface area contributed by atoms with Gasteiger partial charge in [-0.25, -0.2) is 0 Å². The van der Waals surface area contributed by atoms with Crippen LogP contribution in [-0.2, 0) is 20.9 Å². The number of ether oxygens (including phenoxy) is 1. The SMILES string of the molecule is CCOC(=O)C1CCN(C(=O)Cn2cccc(C)c2=O)CC1. The highest BCUT2D eigenvalue weighted by molar-refractivity contribution is 5.77. The third kappa shape index (κ3) is 3.75. The molecular formula is C16H22N2O4. The van der Waals surface area contributed by atoms with Crippen LogP contribution >= 0.6 is 0 Å². The highest BCUT2D eigenvalue weighted by atomic mass is 16.5. The zero-order chi connectivity index (χ0) is 16.1. The summed E-state index contributed by atoms with van der Waals surface area (Å²) < 4.78 is 6.44. The molecule has 1 saturated heterocycles. The predicted molar refractivity (Wildman–Crippen MR) is 81.4 cm³/mol. The fourth-order valence-electron chi connectivity index (χ4n) is 2.65. The molecule has 2 heterocycles. The molecule has 0 bridgehead atoms. The van der Waals surface area contributed by atoms with Crippen molar-refractivity contribution in [2.75, 3.05) is 19.7 Å². The highest BCUT2D eigenvalue weighted by Crippen LogP contribution is 2.18. The van der Waals surface area contributed by atoms with Gasteiger partial charge in [0, 0.05) is 24.8 Å². The summed E-state index contributed by atoms with van der Waals surface area (Å²) in [6.45, 7) is 5.01. The number of likely N-dealkylation sites (tertiary alicyclic amines) is 1. The number of nitrogens with zero attached hydrogens (tertiary/aromatic N) is 2. The van der Waals surface area contributed by atoms with E-state index in [1.54, 1.807) is 37.1 Å². The van der Waals surface area contributed by atoms with Crippen LogP contribution in [0.1, 0.15) is 25.3 Å². The third-order valence-electron chi connectivity index (χ3n) is 3.98. The quantitative estimate of drug-likeness (QED) is 0.777. The van der Waals surface area contributed by atoms with E-state index >= 15 is 0 Å². The first-order chi connectivity index (χ1) is 10.5. The van der Waals surface area contributed by atoms with Crippen LogP contribution in [0.5, 0.6) is 0 Å². The van der Waals surface area contributed by atoms with Gasteiger partial charge in [0.15, 0.2) is 0 Å². The minimum absolute atomic E-state index is 0.0462. The number of hydrogen-bond acceptors (Lipinski definition) is 4. The summed E-state index contributed by atoms with van der Waals surface area (Å²) >= 11 is 0. The van der Waals surface area contributed by atoms with Gasteiger partial charge in [-0.05, 0) is 32.8 Å². The van der Waals surface area contributed by atoms with Crippen molar-refractivity contribution >= 4 is 11.9 Å². The van der Waals surface area contributed by atoms with E-state index in [4.69, 9.17) is 4.74 Å². The largest absolute Gasteiger partial charge is 0.466 e. The lowest BCUT2D eigenvalue weighted by Crippen LogP contribution is -2.43. The average Bonchev–Trinajstić information content (AvgIpc) is 2.52. The van der Waals surface area contributed by atoms with E-state index in [0.717, 1.165) is 0 Å². The molecule has 120 valence electrons. The Morgan fingerprint density at radius 3 is 2.64 bits per heavy atom. The van der Waals surface area contributed by atoms with Crippen LogP contribution in [0.15, 0.2) is 23.1 Å². The van der Waals surface area contributed by atoms with Crippen LogP contribution < -0.4 is 5.56 Å². The Kier molecular flexibility index (Phi) is 5.35. The number of piperidine rings is 1. The number of hydrogen-bond donors (Lipinski definition) is 0. The maximum absolute atomic E-state index is 12.3. The molecule has 22 heavy (non-hydrogen) atoms. The number of aryl methyl sites for hydroxylation is 1. The lowest BCUT2D eigenvalue weighted by atomic mass is 9.97. The summed E-state index contributed by atoms with van der Waals surface area (Å²) in [5.41, 5.74) is 0.480. The second-order valence-corrected chi connectivity index (χ2v) is 5.53. The van der Waals surface area contributed by atoms with Crippen LogP contribution in [0, 0.1) is 12.8 Å². The number of esters is 1. The van der Waals surface area contributed by atoms with Crippen LogP contribution in [0.2, 0.25) is 0 Å². The fourth-order valence-corrected chi connectivity index (χ4v) is 2.65.